The zero-order chi connectivity index (χ0) is 11.6. The van der Waals surface area contributed by atoms with Crippen molar-refractivity contribution in [2.45, 2.75) is 13.1 Å². The highest BCUT2D eigenvalue weighted by Gasteiger charge is 2.36. The minimum atomic E-state index is -4.39. The number of pyridine rings is 1. The lowest BCUT2D eigenvalue weighted by Gasteiger charge is -2.15. The van der Waals surface area contributed by atoms with Crippen LogP contribution in [0.25, 0.3) is 0 Å². The zero-order valence-corrected chi connectivity index (χ0v) is 8.66. The molecule has 0 aliphatic heterocycles. The van der Waals surface area contributed by atoms with Crippen LogP contribution in [-0.4, -0.2) is 19.1 Å². The van der Waals surface area contributed by atoms with E-state index < -0.39 is 11.7 Å². The van der Waals surface area contributed by atoms with Crippen LogP contribution in [0.15, 0.2) is 6.07 Å². The van der Waals surface area contributed by atoms with Gasteiger partial charge in [0, 0.05) is 14.1 Å². The van der Waals surface area contributed by atoms with Crippen molar-refractivity contribution >= 4 is 11.6 Å². The maximum Gasteiger partial charge on any atom is 0.420 e. The van der Waals surface area contributed by atoms with E-state index in [1.54, 1.807) is 7.05 Å². The van der Waals surface area contributed by atoms with E-state index in [4.69, 9.17) is 0 Å². The molecule has 0 spiro atoms. The summed E-state index contributed by atoms with van der Waals surface area (Å²) in [6.07, 6.45) is -4.39. The van der Waals surface area contributed by atoms with Gasteiger partial charge in [-0.3, -0.25) is 0 Å². The van der Waals surface area contributed by atoms with Crippen molar-refractivity contribution in [2.75, 3.05) is 24.7 Å². The van der Waals surface area contributed by atoms with Crippen LogP contribution in [0.2, 0.25) is 0 Å². The average Bonchev–Trinajstić information content (AvgIpc) is 2.14. The van der Waals surface area contributed by atoms with Crippen molar-refractivity contribution in [3.8, 4) is 0 Å². The quantitative estimate of drug-likeness (QED) is 0.802. The molecule has 0 aliphatic rings. The van der Waals surface area contributed by atoms with Gasteiger partial charge < -0.3 is 10.6 Å². The topological polar surface area (TPSA) is 37.0 Å². The second kappa shape index (κ2) is 3.96. The highest BCUT2D eigenvalue weighted by molar-refractivity contribution is 5.56. The monoisotopic (exact) mass is 219 g/mol. The molecule has 0 radical (unpaired) electrons. The molecular weight excluding hydrogens is 207 g/mol. The lowest BCUT2D eigenvalue weighted by molar-refractivity contribution is -0.137. The summed E-state index contributed by atoms with van der Waals surface area (Å²) in [7, 11) is 3.02. The summed E-state index contributed by atoms with van der Waals surface area (Å²) >= 11 is 0. The number of hydrogen-bond donors (Lipinski definition) is 2. The molecule has 0 saturated carbocycles. The van der Waals surface area contributed by atoms with Gasteiger partial charge in [0.05, 0.1) is 0 Å². The summed E-state index contributed by atoms with van der Waals surface area (Å²) in [5, 5.41) is 5.15. The summed E-state index contributed by atoms with van der Waals surface area (Å²) in [6.45, 7) is 1.41. The van der Waals surface area contributed by atoms with Crippen molar-refractivity contribution in [3.05, 3.63) is 17.2 Å². The molecule has 1 aromatic rings. The fourth-order valence-corrected chi connectivity index (χ4v) is 1.34. The molecule has 0 saturated heterocycles. The van der Waals surface area contributed by atoms with Crippen LogP contribution in [0.1, 0.15) is 11.1 Å². The van der Waals surface area contributed by atoms with E-state index in [9.17, 15) is 13.2 Å². The standard InChI is InChI=1S/C9H12F3N3/c1-5-4-6(13-2)15-8(14-3)7(5)9(10,11)12/h4H,1-3H3,(H2,13,14,15). The number of aromatic nitrogens is 1. The molecule has 0 bridgehead atoms. The second-order valence-electron chi connectivity index (χ2n) is 3.05. The van der Waals surface area contributed by atoms with Crippen LogP contribution in [0.5, 0.6) is 0 Å². The van der Waals surface area contributed by atoms with E-state index in [0.717, 1.165) is 0 Å². The fraction of sp³-hybridized carbons (Fsp3) is 0.444. The molecule has 0 unspecified atom stereocenters. The fourth-order valence-electron chi connectivity index (χ4n) is 1.34. The SMILES string of the molecule is CNc1cc(C)c(C(F)(F)F)c(NC)n1. The van der Waals surface area contributed by atoms with Gasteiger partial charge in [-0.25, -0.2) is 4.98 Å². The Bertz CT molecular complexity index is 360. The van der Waals surface area contributed by atoms with Crippen LogP contribution in [0.3, 0.4) is 0 Å². The highest BCUT2D eigenvalue weighted by Crippen LogP contribution is 2.37. The van der Waals surface area contributed by atoms with Crippen LogP contribution in [-0.2, 0) is 6.18 Å². The number of hydrogen-bond acceptors (Lipinski definition) is 3. The van der Waals surface area contributed by atoms with Crippen LogP contribution >= 0.6 is 0 Å². The van der Waals surface area contributed by atoms with Crippen LogP contribution < -0.4 is 10.6 Å². The number of nitrogens with zero attached hydrogens (tertiary/aromatic N) is 1. The molecule has 1 heterocycles. The number of alkyl halides is 3. The average molecular weight is 219 g/mol. The third-order valence-corrected chi connectivity index (χ3v) is 1.99. The molecule has 84 valence electrons. The van der Waals surface area contributed by atoms with E-state index in [2.05, 4.69) is 15.6 Å². The van der Waals surface area contributed by atoms with Gasteiger partial charge in [-0.15, -0.1) is 0 Å². The van der Waals surface area contributed by atoms with Gasteiger partial charge in [-0.1, -0.05) is 0 Å². The number of nitrogens with one attached hydrogen (secondary N) is 2. The van der Waals surface area contributed by atoms with Gasteiger partial charge in [0.15, 0.2) is 0 Å². The Morgan fingerprint density at radius 2 is 1.80 bits per heavy atom. The lowest BCUT2D eigenvalue weighted by atomic mass is 10.1. The molecule has 1 aromatic heterocycles. The number of anilines is 2. The third-order valence-electron chi connectivity index (χ3n) is 1.99. The highest BCUT2D eigenvalue weighted by atomic mass is 19.4. The van der Waals surface area contributed by atoms with Gasteiger partial charge >= 0.3 is 6.18 Å². The Morgan fingerprint density at radius 3 is 2.20 bits per heavy atom. The number of halogens is 3. The Balaban J connectivity index is 3.38. The first-order chi connectivity index (χ1) is 6.90. The van der Waals surface area contributed by atoms with Gasteiger partial charge in [-0.05, 0) is 18.6 Å². The van der Waals surface area contributed by atoms with E-state index in [1.807, 2.05) is 0 Å². The summed E-state index contributed by atoms with van der Waals surface area (Å²) in [5.74, 6) is 0.247. The first-order valence-electron chi connectivity index (χ1n) is 4.34. The maximum absolute atomic E-state index is 12.6. The molecule has 15 heavy (non-hydrogen) atoms. The van der Waals surface area contributed by atoms with E-state index in [-0.39, 0.29) is 11.4 Å². The molecule has 1 rings (SSSR count). The molecule has 2 N–H and O–H groups in total. The predicted molar refractivity (Wildman–Crippen MR) is 53.1 cm³/mol. The molecule has 0 fully saturated rings. The van der Waals surface area contributed by atoms with Gasteiger partial charge in [0.25, 0.3) is 0 Å². The minimum absolute atomic E-state index is 0.145. The molecule has 6 heteroatoms. The van der Waals surface area contributed by atoms with Crippen molar-refractivity contribution in [1.82, 2.24) is 4.98 Å². The first kappa shape index (κ1) is 11.6. The molecule has 0 atom stereocenters. The smallest absolute Gasteiger partial charge is 0.373 e. The number of aryl methyl sites for hydroxylation is 1. The van der Waals surface area contributed by atoms with Crippen molar-refractivity contribution in [3.63, 3.8) is 0 Å². The summed E-state index contributed by atoms with van der Waals surface area (Å²) < 4.78 is 37.9. The number of rotatable bonds is 2. The van der Waals surface area contributed by atoms with Gasteiger partial charge in [0.2, 0.25) is 0 Å². The van der Waals surface area contributed by atoms with Crippen molar-refractivity contribution in [1.29, 1.82) is 0 Å². The van der Waals surface area contributed by atoms with Crippen molar-refractivity contribution in [2.24, 2.45) is 0 Å². The third kappa shape index (κ3) is 2.31. The molecular formula is C9H12F3N3. The largest absolute Gasteiger partial charge is 0.420 e. The summed E-state index contributed by atoms with van der Waals surface area (Å²) in [4.78, 5) is 3.79. The van der Waals surface area contributed by atoms with Crippen molar-refractivity contribution < 1.29 is 13.2 Å². The van der Waals surface area contributed by atoms with Crippen LogP contribution in [0, 0.1) is 6.92 Å². The summed E-state index contributed by atoms with van der Waals surface area (Å²) in [5.41, 5.74) is -0.574. The predicted octanol–water partition coefficient (Wildman–Crippen LogP) is 2.49. The summed E-state index contributed by atoms with van der Waals surface area (Å²) in [6, 6.07) is 1.36. The molecule has 3 nitrogen and oxygen atoms in total. The lowest BCUT2D eigenvalue weighted by Crippen LogP contribution is -2.13. The molecule has 0 amide bonds. The zero-order valence-electron chi connectivity index (χ0n) is 8.66. The first-order valence-corrected chi connectivity index (χ1v) is 4.34. The molecule has 0 aliphatic carbocycles. The van der Waals surface area contributed by atoms with Gasteiger partial charge in [-0.2, -0.15) is 13.2 Å². The Labute approximate surface area is 85.7 Å². The second-order valence-corrected chi connectivity index (χ2v) is 3.05. The Hall–Kier alpha value is -1.46. The normalized spacial score (nSPS) is 11.3. The van der Waals surface area contributed by atoms with E-state index in [0.29, 0.717) is 5.82 Å². The maximum atomic E-state index is 12.6. The Kier molecular flexibility index (Phi) is 3.06. The van der Waals surface area contributed by atoms with E-state index in [1.165, 1.54) is 20.0 Å². The minimum Gasteiger partial charge on any atom is -0.373 e. The van der Waals surface area contributed by atoms with Gasteiger partial charge in [0.1, 0.15) is 17.2 Å². The Morgan fingerprint density at radius 1 is 1.20 bits per heavy atom. The van der Waals surface area contributed by atoms with E-state index >= 15 is 0 Å². The van der Waals surface area contributed by atoms with Crippen LogP contribution in [0.4, 0.5) is 24.8 Å². The molecule has 0 aromatic carbocycles.